The van der Waals surface area contributed by atoms with Crippen LogP contribution in [-0.2, 0) is 11.3 Å². The summed E-state index contributed by atoms with van der Waals surface area (Å²) in [6, 6.07) is 7.14. The first kappa shape index (κ1) is 17.8. The van der Waals surface area contributed by atoms with E-state index >= 15 is 0 Å². The lowest BCUT2D eigenvalue weighted by atomic mass is 10.2. The van der Waals surface area contributed by atoms with E-state index in [1.165, 1.54) is 0 Å². The van der Waals surface area contributed by atoms with Crippen LogP contribution in [0, 0.1) is 0 Å². The van der Waals surface area contributed by atoms with Gasteiger partial charge in [-0.15, -0.1) is 0 Å². The molecule has 3 heterocycles. The van der Waals surface area contributed by atoms with Crippen LogP contribution in [0.2, 0.25) is 0 Å². The van der Waals surface area contributed by atoms with E-state index in [0.717, 1.165) is 5.69 Å². The molecule has 0 bridgehead atoms. The maximum Gasteiger partial charge on any atom is 0.409 e. The van der Waals surface area contributed by atoms with Gasteiger partial charge in [0.2, 0.25) is 0 Å². The highest BCUT2D eigenvalue weighted by Crippen LogP contribution is 2.16. The molecule has 138 valence electrons. The lowest BCUT2D eigenvalue weighted by molar-refractivity contribution is 0.0942. The summed E-state index contributed by atoms with van der Waals surface area (Å²) in [6.45, 7) is 5.10. The Balaban J connectivity index is 1.51. The largest absolute Gasteiger partial charge is 0.467 e. The van der Waals surface area contributed by atoms with Gasteiger partial charge in [0, 0.05) is 26.2 Å². The molecule has 8 heteroatoms. The van der Waals surface area contributed by atoms with Crippen LogP contribution in [0.15, 0.2) is 41.1 Å². The van der Waals surface area contributed by atoms with Crippen LogP contribution in [-0.4, -0.2) is 54.7 Å². The molecular weight excluding hydrogens is 336 g/mol. The number of rotatable bonds is 5. The van der Waals surface area contributed by atoms with Crippen LogP contribution >= 0.6 is 0 Å². The first-order valence-corrected chi connectivity index (χ1v) is 8.60. The third kappa shape index (κ3) is 4.33. The van der Waals surface area contributed by atoms with Crippen LogP contribution in [0.1, 0.15) is 23.2 Å². The Morgan fingerprint density at radius 2 is 2.04 bits per heavy atom. The molecule has 0 saturated carbocycles. The molecule has 26 heavy (non-hydrogen) atoms. The maximum atomic E-state index is 12.1. The molecule has 0 atom stereocenters. The van der Waals surface area contributed by atoms with Gasteiger partial charge in [0.05, 0.1) is 31.3 Å². The minimum absolute atomic E-state index is 0.250. The fourth-order valence-corrected chi connectivity index (χ4v) is 2.74. The molecule has 1 aliphatic heterocycles. The van der Waals surface area contributed by atoms with Crippen LogP contribution in [0.4, 0.5) is 10.5 Å². The maximum absolute atomic E-state index is 12.1. The van der Waals surface area contributed by atoms with E-state index in [9.17, 15) is 9.59 Å². The Kier molecular flexibility index (Phi) is 5.73. The molecule has 1 saturated heterocycles. The normalized spacial score (nSPS) is 14.2. The van der Waals surface area contributed by atoms with E-state index in [2.05, 4.69) is 15.2 Å². The smallest absolute Gasteiger partial charge is 0.409 e. The average Bonchev–Trinajstić information content (AvgIpc) is 3.20. The molecule has 3 rings (SSSR count). The Bertz CT molecular complexity index is 722. The summed E-state index contributed by atoms with van der Waals surface area (Å²) in [7, 11) is 0. The number of nitrogens with one attached hydrogen (secondary N) is 1. The monoisotopic (exact) mass is 358 g/mol. The molecular formula is C18H22N4O4. The van der Waals surface area contributed by atoms with Crippen LogP contribution < -0.4 is 10.2 Å². The van der Waals surface area contributed by atoms with E-state index in [-0.39, 0.29) is 12.0 Å². The lowest BCUT2D eigenvalue weighted by Gasteiger charge is -2.35. The van der Waals surface area contributed by atoms with Crippen molar-refractivity contribution in [2.75, 3.05) is 37.7 Å². The molecule has 0 spiro atoms. The number of pyridine rings is 1. The molecule has 2 amide bonds. The molecule has 0 unspecified atom stereocenters. The fourth-order valence-electron chi connectivity index (χ4n) is 2.74. The number of ether oxygens (including phenoxy) is 1. The van der Waals surface area contributed by atoms with Crippen molar-refractivity contribution in [2.24, 2.45) is 0 Å². The zero-order valence-electron chi connectivity index (χ0n) is 14.7. The third-order valence-electron chi connectivity index (χ3n) is 4.15. The van der Waals surface area contributed by atoms with Crippen molar-refractivity contribution in [3.05, 3.63) is 48.2 Å². The number of hydrogen-bond donors (Lipinski definition) is 1. The SMILES string of the molecule is CCOC(=O)N1CCN(c2ccc(C(=O)NCc3ccco3)nc2)CC1. The Labute approximate surface area is 151 Å². The van der Waals surface area contributed by atoms with Gasteiger partial charge < -0.3 is 24.3 Å². The van der Waals surface area contributed by atoms with Crippen molar-refractivity contribution in [1.29, 1.82) is 0 Å². The first-order chi connectivity index (χ1) is 12.7. The van der Waals surface area contributed by atoms with Gasteiger partial charge in [-0.1, -0.05) is 0 Å². The highest BCUT2D eigenvalue weighted by atomic mass is 16.6. The standard InChI is InChI=1S/C18H22N4O4/c1-2-25-18(24)22-9-7-21(8-10-22)14-5-6-16(19-12-14)17(23)20-13-15-4-3-11-26-15/h3-6,11-12H,2,7-10,13H2,1H3,(H,20,23). The van der Waals surface area contributed by atoms with Gasteiger partial charge in [0.15, 0.2) is 0 Å². The third-order valence-corrected chi connectivity index (χ3v) is 4.15. The van der Waals surface area contributed by atoms with Gasteiger partial charge >= 0.3 is 6.09 Å². The fraction of sp³-hybridized carbons (Fsp3) is 0.389. The van der Waals surface area contributed by atoms with Crippen molar-refractivity contribution in [1.82, 2.24) is 15.2 Å². The van der Waals surface area contributed by atoms with Gasteiger partial charge in [-0.3, -0.25) is 4.79 Å². The second-order valence-electron chi connectivity index (χ2n) is 5.84. The quantitative estimate of drug-likeness (QED) is 0.878. The summed E-state index contributed by atoms with van der Waals surface area (Å²) < 4.78 is 10.2. The number of anilines is 1. The zero-order valence-corrected chi connectivity index (χ0v) is 14.7. The van der Waals surface area contributed by atoms with Crippen molar-refractivity contribution in [3.8, 4) is 0 Å². The topological polar surface area (TPSA) is 87.9 Å². The highest BCUT2D eigenvalue weighted by Gasteiger charge is 2.22. The van der Waals surface area contributed by atoms with Crippen molar-refractivity contribution in [3.63, 3.8) is 0 Å². The second-order valence-corrected chi connectivity index (χ2v) is 5.84. The molecule has 8 nitrogen and oxygen atoms in total. The van der Waals surface area contributed by atoms with E-state index in [0.29, 0.717) is 50.8 Å². The predicted octanol–water partition coefficient (Wildman–Crippen LogP) is 1.88. The molecule has 1 N–H and O–H groups in total. The van der Waals surface area contributed by atoms with Gasteiger partial charge in [-0.05, 0) is 31.2 Å². The number of carbonyl (C=O) groups is 2. The summed E-state index contributed by atoms with van der Waals surface area (Å²) in [5.74, 6) is 0.439. The van der Waals surface area contributed by atoms with Gasteiger partial charge in [-0.2, -0.15) is 0 Å². The average molecular weight is 358 g/mol. The molecule has 0 radical (unpaired) electrons. The van der Waals surface area contributed by atoms with Crippen molar-refractivity contribution >= 4 is 17.7 Å². The van der Waals surface area contributed by atoms with E-state index in [1.54, 1.807) is 42.5 Å². The number of piperazine rings is 1. The van der Waals surface area contributed by atoms with E-state index < -0.39 is 0 Å². The summed E-state index contributed by atoms with van der Waals surface area (Å²) in [4.78, 5) is 31.9. The number of nitrogens with zero attached hydrogens (tertiary/aromatic N) is 3. The number of furan rings is 1. The van der Waals surface area contributed by atoms with Crippen LogP contribution in [0.25, 0.3) is 0 Å². The Hall–Kier alpha value is -3.03. The van der Waals surface area contributed by atoms with Crippen LogP contribution in [0.5, 0.6) is 0 Å². The lowest BCUT2D eigenvalue weighted by Crippen LogP contribution is -2.49. The predicted molar refractivity (Wildman–Crippen MR) is 94.9 cm³/mol. The van der Waals surface area contributed by atoms with Crippen LogP contribution in [0.3, 0.4) is 0 Å². The van der Waals surface area contributed by atoms with Gasteiger partial charge in [0.1, 0.15) is 11.5 Å². The number of hydrogen-bond acceptors (Lipinski definition) is 6. The molecule has 2 aromatic rings. The number of aromatic nitrogens is 1. The molecule has 1 fully saturated rings. The second kappa shape index (κ2) is 8.37. The Morgan fingerprint density at radius 3 is 2.65 bits per heavy atom. The van der Waals surface area contributed by atoms with Gasteiger partial charge in [0.25, 0.3) is 5.91 Å². The molecule has 0 aliphatic carbocycles. The first-order valence-electron chi connectivity index (χ1n) is 8.60. The number of amides is 2. The molecule has 2 aromatic heterocycles. The highest BCUT2D eigenvalue weighted by molar-refractivity contribution is 5.92. The van der Waals surface area contributed by atoms with Crippen molar-refractivity contribution in [2.45, 2.75) is 13.5 Å². The summed E-state index contributed by atoms with van der Waals surface area (Å²) in [5, 5.41) is 2.76. The van der Waals surface area contributed by atoms with Crippen molar-refractivity contribution < 1.29 is 18.7 Å². The summed E-state index contributed by atoms with van der Waals surface area (Å²) in [6.07, 6.45) is 2.98. The zero-order chi connectivity index (χ0) is 18.4. The number of carbonyl (C=O) groups excluding carboxylic acids is 2. The van der Waals surface area contributed by atoms with E-state index in [1.807, 2.05) is 6.07 Å². The van der Waals surface area contributed by atoms with E-state index in [4.69, 9.17) is 9.15 Å². The molecule has 1 aliphatic rings. The minimum atomic E-state index is -0.270. The summed E-state index contributed by atoms with van der Waals surface area (Å²) in [5.41, 5.74) is 1.28. The summed E-state index contributed by atoms with van der Waals surface area (Å²) >= 11 is 0. The Morgan fingerprint density at radius 1 is 1.23 bits per heavy atom. The minimum Gasteiger partial charge on any atom is -0.467 e. The van der Waals surface area contributed by atoms with Gasteiger partial charge in [-0.25, -0.2) is 9.78 Å². The molecule has 0 aromatic carbocycles.